The van der Waals surface area contributed by atoms with Crippen molar-refractivity contribution in [2.45, 2.75) is 9.79 Å². The summed E-state index contributed by atoms with van der Waals surface area (Å²) in [5.74, 6) is 0.841. The van der Waals surface area contributed by atoms with Crippen molar-refractivity contribution in [1.82, 2.24) is 5.32 Å². The highest BCUT2D eigenvalue weighted by atomic mass is 35.5. The fourth-order valence-corrected chi connectivity index (χ4v) is 3.40. The first-order valence-electron chi connectivity index (χ1n) is 6.91. The largest absolute Gasteiger partial charge is 0.362 e. The van der Waals surface area contributed by atoms with Crippen molar-refractivity contribution in [2.75, 3.05) is 17.6 Å². The summed E-state index contributed by atoms with van der Waals surface area (Å²) in [6.07, 6.45) is 0. The number of thioether (sulfide) groups is 1. The number of rotatable bonds is 6. The normalized spacial score (nSPS) is 11.1. The van der Waals surface area contributed by atoms with Gasteiger partial charge in [0.25, 0.3) is 0 Å². The third kappa shape index (κ3) is 6.29. The van der Waals surface area contributed by atoms with Crippen molar-refractivity contribution in [3.05, 3.63) is 53.6 Å². The van der Waals surface area contributed by atoms with E-state index in [1.807, 2.05) is 24.3 Å². The summed E-state index contributed by atoms with van der Waals surface area (Å²) in [6.45, 7) is 0.689. The van der Waals surface area contributed by atoms with Crippen LogP contribution in [0.2, 0.25) is 5.02 Å². The fraction of sp³-hybridized carbons (Fsp3) is 0.133. The van der Waals surface area contributed by atoms with Crippen molar-refractivity contribution < 1.29 is 8.42 Å². The van der Waals surface area contributed by atoms with E-state index in [4.69, 9.17) is 29.0 Å². The molecule has 0 bridgehead atoms. The molecule has 0 fully saturated rings. The van der Waals surface area contributed by atoms with Crippen LogP contribution in [0.3, 0.4) is 0 Å². The van der Waals surface area contributed by atoms with Crippen molar-refractivity contribution in [3.8, 4) is 0 Å². The van der Waals surface area contributed by atoms with Gasteiger partial charge in [-0.3, -0.25) is 0 Å². The van der Waals surface area contributed by atoms with E-state index < -0.39 is 10.0 Å². The molecule has 0 aliphatic carbocycles. The van der Waals surface area contributed by atoms with Gasteiger partial charge in [0.2, 0.25) is 10.0 Å². The van der Waals surface area contributed by atoms with E-state index in [-0.39, 0.29) is 4.90 Å². The van der Waals surface area contributed by atoms with E-state index in [2.05, 4.69) is 10.6 Å². The minimum absolute atomic E-state index is 0.0614. The number of thiocarbonyl (C=S) groups is 1. The van der Waals surface area contributed by atoms with Gasteiger partial charge in [-0.1, -0.05) is 11.6 Å². The number of primary sulfonamides is 1. The number of nitrogens with two attached hydrogens (primary N) is 1. The lowest BCUT2D eigenvalue weighted by Gasteiger charge is -2.10. The van der Waals surface area contributed by atoms with Crippen LogP contribution in [0.4, 0.5) is 5.69 Å². The van der Waals surface area contributed by atoms with Gasteiger partial charge in [0.15, 0.2) is 5.11 Å². The third-order valence-corrected chi connectivity index (χ3v) is 5.35. The molecular weight excluding hydrogens is 386 g/mol. The number of hydrogen-bond acceptors (Lipinski definition) is 4. The van der Waals surface area contributed by atoms with E-state index in [1.54, 1.807) is 23.9 Å². The summed E-state index contributed by atoms with van der Waals surface area (Å²) >= 11 is 12.7. The predicted molar refractivity (Wildman–Crippen MR) is 104 cm³/mol. The summed E-state index contributed by atoms with van der Waals surface area (Å²) in [4.78, 5) is 1.20. The van der Waals surface area contributed by atoms with Crippen LogP contribution in [0.25, 0.3) is 0 Å². The Balaban J connectivity index is 1.74. The predicted octanol–water partition coefficient (Wildman–Crippen LogP) is 3.07. The molecule has 2 aromatic rings. The molecule has 128 valence electrons. The lowest BCUT2D eigenvalue weighted by molar-refractivity contribution is 0.598. The van der Waals surface area contributed by atoms with E-state index in [0.29, 0.717) is 17.3 Å². The quantitative estimate of drug-likeness (QED) is 0.392. The monoisotopic (exact) mass is 401 g/mol. The Bertz CT molecular complexity index is 794. The maximum absolute atomic E-state index is 11.2. The zero-order valence-electron chi connectivity index (χ0n) is 12.5. The van der Waals surface area contributed by atoms with Gasteiger partial charge >= 0.3 is 0 Å². The van der Waals surface area contributed by atoms with Gasteiger partial charge in [-0.05, 0) is 60.7 Å². The first-order chi connectivity index (χ1) is 11.3. The van der Waals surface area contributed by atoms with E-state index in [1.165, 1.54) is 12.1 Å². The molecule has 4 N–H and O–H groups in total. The Morgan fingerprint density at radius 1 is 1.12 bits per heavy atom. The molecule has 0 amide bonds. The Hall–Kier alpha value is -1.32. The summed E-state index contributed by atoms with van der Waals surface area (Å²) in [7, 11) is -3.68. The molecule has 0 heterocycles. The maximum atomic E-state index is 11.2. The molecule has 2 aromatic carbocycles. The average molecular weight is 402 g/mol. The van der Waals surface area contributed by atoms with E-state index in [9.17, 15) is 8.42 Å². The molecule has 0 saturated carbocycles. The molecule has 2 rings (SSSR count). The van der Waals surface area contributed by atoms with Crippen LogP contribution in [0.5, 0.6) is 0 Å². The van der Waals surface area contributed by atoms with Crippen molar-refractivity contribution in [2.24, 2.45) is 5.14 Å². The molecule has 0 aliphatic rings. The number of nitrogens with one attached hydrogen (secondary N) is 2. The zero-order chi connectivity index (χ0) is 17.6. The lowest BCUT2D eigenvalue weighted by atomic mass is 10.3. The van der Waals surface area contributed by atoms with Crippen LogP contribution < -0.4 is 15.8 Å². The number of benzene rings is 2. The highest BCUT2D eigenvalue weighted by molar-refractivity contribution is 7.99. The van der Waals surface area contributed by atoms with Gasteiger partial charge in [-0.25, -0.2) is 13.6 Å². The number of hydrogen-bond donors (Lipinski definition) is 3. The van der Waals surface area contributed by atoms with Crippen LogP contribution in [0.1, 0.15) is 0 Å². The Morgan fingerprint density at radius 2 is 1.75 bits per heavy atom. The van der Waals surface area contributed by atoms with Crippen LogP contribution in [0.15, 0.2) is 58.3 Å². The molecule has 0 atom stereocenters. The van der Waals surface area contributed by atoms with Gasteiger partial charge in [-0.15, -0.1) is 11.8 Å². The first kappa shape index (κ1) is 19.0. The Kier molecular flexibility index (Phi) is 6.88. The second-order valence-electron chi connectivity index (χ2n) is 4.75. The SMILES string of the molecule is NS(=O)(=O)c1ccc(NC(=S)NCCSc2ccc(Cl)cc2)cc1. The summed E-state index contributed by atoms with van der Waals surface area (Å²) in [6, 6.07) is 13.7. The molecule has 9 heteroatoms. The molecular formula is C15H16ClN3O2S3. The average Bonchev–Trinajstić information content (AvgIpc) is 2.53. The summed E-state index contributed by atoms with van der Waals surface area (Å²) in [5, 5.41) is 12.3. The maximum Gasteiger partial charge on any atom is 0.238 e. The second-order valence-corrected chi connectivity index (χ2v) is 8.33. The van der Waals surface area contributed by atoms with E-state index >= 15 is 0 Å². The highest BCUT2D eigenvalue weighted by Crippen LogP contribution is 2.19. The molecule has 0 saturated heterocycles. The number of anilines is 1. The molecule has 0 aliphatic heterocycles. The topological polar surface area (TPSA) is 84.2 Å². The van der Waals surface area contributed by atoms with Crippen LogP contribution in [-0.2, 0) is 10.0 Å². The van der Waals surface area contributed by atoms with Crippen molar-refractivity contribution in [1.29, 1.82) is 0 Å². The Labute approximate surface area is 156 Å². The highest BCUT2D eigenvalue weighted by Gasteiger charge is 2.07. The van der Waals surface area contributed by atoms with Gasteiger partial charge in [0.1, 0.15) is 0 Å². The standard InChI is InChI=1S/C15H16ClN3O2S3/c16-11-1-5-13(6-2-11)23-10-9-18-15(22)19-12-3-7-14(8-4-12)24(17,20)21/h1-8H,9-10H2,(H2,17,20,21)(H2,18,19,22). The zero-order valence-corrected chi connectivity index (χ0v) is 15.7. The van der Waals surface area contributed by atoms with Crippen LogP contribution >= 0.6 is 35.6 Å². The van der Waals surface area contributed by atoms with Crippen molar-refractivity contribution in [3.63, 3.8) is 0 Å². The molecule has 24 heavy (non-hydrogen) atoms. The molecule has 0 spiro atoms. The van der Waals surface area contributed by atoms with Gasteiger partial charge in [-0.2, -0.15) is 0 Å². The smallest absolute Gasteiger partial charge is 0.238 e. The minimum Gasteiger partial charge on any atom is -0.362 e. The molecule has 0 radical (unpaired) electrons. The Morgan fingerprint density at radius 3 is 2.33 bits per heavy atom. The van der Waals surface area contributed by atoms with Gasteiger partial charge in [0, 0.05) is 27.9 Å². The number of sulfonamides is 1. The summed E-state index contributed by atoms with van der Waals surface area (Å²) in [5.41, 5.74) is 0.685. The first-order valence-corrected chi connectivity index (χ1v) is 10.2. The lowest BCUT2D eigenvalue weighted by Crippen LogP contribution is -2.30. The molecule has 0 aromatic heterocycles. The number of halogens is 1. The molecule has 0 unspecified atom stereocenters. The van der Waals surface area contributed by atoms with Crippen molar-refractivity contribution >= 4 is 56.4 Å². The fourth-order valence-electron chi connectivity index (χ4n) is 1.77. The van der Waals surface area contributed by atoms with Crippen LogP contribution in [-0.4, -0.2) is 25.8 Å². The van der Waals surface area contributed by atoms with Gasteiger partial charge < -0.3 is 10.6 Å². The minimum atomic E-state index is -3.68. The third-order valence-electron chi connectivity index (χ3n) is 2.91. The van der Waals surface area contributed by atoms with E-state index in [0.717, 1.165) is 15.7 Å². The summed E-state index contributed by atoms with van der Waals surface area (Å²) < 4.78 is 22.4. The van der Waals surface area contributed by atoms with Crippen LogP contribution in [0, 0.1) is 0 Å². The molecule has 5 nitrogen and oxygen atoms in total. The van der Waals surface area contributed by atoms with Gasteiger partial charge in [0.05, 0.1) is 4.90 Å². The second kappa shape index (κ2) is 8.68.